The molecule has 1 aromatic heterocycles. The van der Waals surface area contributed by atoms with Crippen molar-refractivity contribution in [1.29, 1.82) is 0 Å². The van der Waals surface area contributed by atoms with Crippen LogP contribution in [0.15, 0.2) is 30.6 Å². The Labute approximate surface area is 128 Å². The summed E-state index contributed by atoms with van der Waals surface area (Å²) in [4.78, 5) is 8.39. The van der Waals surface area contributed by atoms with Gasteiger partial charge in [0.05, 0.1) is 16.9 Å². The maximum absolute atomic E-state index is 13.3. The van der Waals surface area contributed by atoms with Crippen LogP contribution < -0.4 is 10.1 Å². The van der Waals surface area contributed by atoms with Gasteiger partial charge in [0, 0.05) is 18.8 Å². The number of nitrogens with one attached hydrogen (secondary N) is 1. The summed E-state index contributed by atoms with van der Waals surface area (Å²) in [5.74, 6) is 0.686. The van der Waals surface area contributed by atoms with Crippen molar-refractivity contribution in [2.75, 3.05) is 6.54 Å². The van der Waals surface area contributed by atoms with Gasteiger partial charge in [-0.15, -0.1) is 0 Å². The number of hydrogen-bond donors (Lipinski definition) is 1. The highest BCUT2D eigenvalue weighted by Gasteiger charge is 2.05. The Bertz CT molecular complexity index is 607. The molecule has 1 aromatic carbocycles. The molecule has 0 radical (unpaired) electrons. The minimum absolute atomic E-state index is 0.0556. The molecule has 0 atom stereocenters. The summed E-state index contributed by atoms with van der Waals surface area (Å²) in [6.45, 7) is 5.77. The lowest BCUT2D eigenvalue weighted by atomic mass is 10.2. The first-order valence-electron chi connectivity index (χ1n) is 6.69. The van der Waals surface area contributed by atoms with Crippen LogP contribution in [0.4, 0.5) is 4.39 Å². The van der Waals surface area contributed by atoms with E-state index in [1.165, 1.54) is 18.3 Å². The average Bonchev–Trinajstić information content (AvgIpc) is 2.43. The molecule has 4 nitrogen and oxygen atoms in total. The molecule has 0 saturated carbocycles. The Balaban J connectivity index is 2.01. The van der Waals surface area contributed by atoms with E-state index in [0.717, 1.165) is 12.2 Å². The predicted molar refractivity (Wildman–Crippen MR) is 80.1 cm³/mol. The Hall–Kier alpha value is -1.72. The van der Waals surface area contributed by atoms with E-state index in [1.54, 1.807) is 12.3 Å². The maximum Gasteiger partial charge on any atom is 0.238 e. The maximum atomic E-state index is 13.3. The quantitative estimate of drug-likeness (QED) is 0.881. The van der Waals surface area contributed by atoms with E-state index < -0.39 is 5.82 Å². The Morgan fingerprint density at radius 1 is 1.33 bits per heavy atom. The normalized spacial score (nSPS) is 10.9. The number of benzene rings is 1. The molecule has 1 N–H and O–H groups in total. The van der Waals surface area contributed by atoms with Gasteiger partial charge in [0.25, 0.3) is 0 Å². The van der Waals surface area contributed by atoms with Crippen LogP contribution in [0.3, 0.4) is 0 Å². The zero-order chi connectivity index (χ0) is 15.2. The molecule has 112 valence electrons. The van der Waals surface area contributed by atoms with Gasteiger partial charge in [0.1, 0.15) is 11.6 Å². The first-order chi connectivity index (χ1) is 10.0. The van der Waals surface area contributed by atoms with E-state index in [9.17, 15) is 4.39 Å². The first kappa shape index (κ1) is 15.7. The van der Waals surface area contributed by atoms with Crippen molar-refractivity contribution in [3.8, 4) is 11.6 Å². The van der Waals surface area contributed by atoms with Crippen molar-refractivity contribution in [2.45, 2.75) is 20.4 Å². The van der Waals surface area contributed by atoms with Crippen LogP contribution in [0.1, 0.15) is 19.5 Å². The fraction of sp³-hybridized carbons (Fsp3) is 0.333. The van der Waals surface area contributed by atoms with Crippen LogP contribution in [0.25, 0.3) is 0 Å². The predicted octanol–water partition coefficient (Wildman–Crippen LogP) is 3.81. The third kappa shape index (κ3) is 4.95. The standard InChI is InChI=1S/C15H17ClFN3O/c1-10(2)6-18-7-11-8-19-9-15(20-11)21-12-3-4-13(16)14(17)5-12/h3-5,8-10,18H,6-7H2,1-2H3. The van der Waals surface area contributed by atoms with Gasteiger partial charge in [-0.2, -0.15) is 0 Å². The highest BCUT2D eigenvalue weighted by Crippen LogP contribution is 2.24. The monoisotopic (exact) mass is 309 g/mol. The molecule has 6 heteroatoms. The average molecular weight is 310 g/mol. The minimum Gasteiger partial charge on any atom is -0.437 e. The molecule has 0 unspecified atom stereocenters. The SMILES string of the molecule is CC(C)CNCc1cncc(Oc2ccc(Cl)c(F)c2)n1. The first-order valence-corrected chi connectivity index (χ1v) is 7.07. The Morgan fingerprint density at radius 2 is 2.14 bits per heavy atom. The number of hydrogen-bond acceptors (Lipinski definition) is 4. The van der Waals surface area contributed by atoms with Gasteiger partial charge in [0.15, 0.2) is 0 Å². The molecule has 2 rings (SSSR count). The second-order valence-electron chi connectivity index (χ2n) is 5.05. The van der Waals surface area contributed by atoms with Gasteiger partial charge < -0.3 is 10.1 Å². The van der Waals surface area contributed by atoms with Crippen LogP contribution in [0.5, 0.6) is 11.6 Å². The van der Waals surface area contributed by atoms with Gasteiger partial charge in [-0.25, -0.2) is 9.37 Å². The van der Waals surface area contributed by atoms with E-state index in [-0.39, 0.29) is 5.02 Å². The molecule has 2 aromatic rings. The lowest BCUT2D eigenvalue weighted by Gasteiger charge is -2.08. The molecule has 21 heavy (non-hydrogen) atoms. The number of aromatic nitrogens is 2. The lowest BCUT2D eigenvalue weighted by Crippen LogP contribution is -2.19. The zero-order valence-corrected chi connectivity index (χ0v) is 12.7. The third-order valence-electron chi connectivity index (χ3n) is 2.63. The zero-order valence-electron chi connectivity index (χ0n) is 11.9. The van der Waals surface area contributed by atoms with Gasteiger partial charge in [-0.3, -0.25) is 4.98 Å². The molecule has 1 heterocycles. The van der Waals surface area contributed by atoms with Crippen molar-refractivity contribution in [1.82, 2.24) is 15.3 Å². The van der Waals surface area contributed by atoms with E-state index in [1.807, 2.05) is 0 Å². The lowest BCUT2D eigenvalue weighted by molar-refractivity contribution is 0.451. The van der Waals surface area contributed by atoms with E-state index in [4.69, 9.17) is 16.3 Å². The topological polar surface area (TPSA) is 47.0 Å². The van der Waals surface area contributed by atoms with Crippen molar-refractivity contribution < 1.29 is 9.13 Å². The van der Waals surface area contributed by atoms with Crippen molar-refractivity contribution in [2.24, 2.45) is 5.92 Å². The van der Waals surface area contributed by atoms with Crippen LogP contribution in [0.2, 0.25) is 5.02 Å². The molecule has 0 aliphatic heterocycles. The highest BCUT2D eigenvalue weighted by atomic mass is 35.5. The van der Waals surface area contributed by atoms with Gasteiger partial charge in [-0.1, -0.05) is 25.4 Å². The summed E-state index contributed by atoms with van der Waals surface area (Å²) in [5.41, 5.74) is 0.766. The summed E-state index contributed by atoms with van der Waals surface area (Å²) >= 11 is 5.62. The fourth-order valence-electron chi connectivity index (χ4n) is 1.67. The molecular weight excluding hydrogens is 293 g/mol. The largest absolute Gasteiger partial charge is 0.437 e. The van der Waals surface area contributed by atoms with E-state index in [2.05, 4.69) is 29.1 Å². The Kier molecular flexibility index (Phi) is 5.47. The molecule has 0 aliphatic carbocycles. The number of nitrogens with zero attached hydrogens (tertiary/aromatic N) is 2. The minimum atomic E-state index is -0.531. The van der Waals surface area contributed by atoms with Crippen molar-refractivity contribution in [3.63, 3.8) is 0 Å². The molecule has 0 fully saturated rings. The number of ether oxygens (including phenoxy) is 1. The van der Waals surface area contributed by atoms with Gasteiger partial charge in [0.2, 0.25) is 5.88 Å². The third-order valence-corrected chi connectivity index (χ3v) is 2.94. The van der Waals surface area contributed by atoms with Crippen molar-refractivity contribution >= 4 is 11.6 Å². The number of halogens is 2. The highest BCUT2D eigenvalue weighted by molar-refractivity contribution is 6.30. The molecule has 0 bridgehead atoms. The van der Waals surface area contributed by atoms with Crippen LogP contribution in [-0.2, 0) is 6.54 Å². The van der Waals surface area contributed by atoms with Gasteiger partial charge in [-0.05, 0) is 24.6 Å². The van der Waals surface area contributed by atoms with Crippen LogP contribution in [0, 0.1) is 11.7 Å². The van der Waals surface area contributed by atoms with E-state index in [0.29, 0.717) is 24.1 Å². The van der Waals surface area contributed by atoms with E-state index >= 15 is 0 Å². The molecule has 0 amide bonds. The molecule has 0 aliphatic rings. The van der Waals surface area contributed by atoms with Crippen LogP contribution >= 0.6 is 11.6 Å². The second-order valence-corrected chi connectivity index (χ2v) is 5.46. The van der Waals surface area contributed by atoms with Crippen LogP contribution in [-0.4, -0.2) is 16.5 Å². The summed E-state index contributed by atoms with van der Waals surface area (Å²) in [5, 5.41) is 3.33. The van der Waals surface area contributed by atoms with Crippen molar-refractivity contribution in [3.05, 3.63) is 47.1 Å². The second kappa shape index (κ2) is 7.33. The number of rotatable bonds is 6. The summed E-state index contributed by atoms with van der Waals surface area (Å²) < 4.78 is 18.8. The van der Waals surface area contributed by atoms with Gasteiger partial charge >= 0.3 is 0 Å². The summed E-state index contributed by atoms with van der Waals surface area (Å²) in [7, 11) is 0. The summed E-state index contributed by atoms with van der Waals surface area (Å²) in [6.07, 6.45) is 3.15. The fourth-order valence-corrected chi connectivity index (χ4v) is 1.79. The molecule has 0 spiro atoms. The summed E-state index contributed by atoms with van der Waals surface area (Å²) in [6, 6.07) is 4.23. The Morgan fingerprint density at radius 3 is 2.86 bits per heavy atom. The smallest absolute Gasteiger partial charge is 0.238 e. The molecule has 0 saturated heterocycles. The molecular formula is C15H17ClFN3O.